The van der Waals surface area contributed by atoms with E-state index in [-0.39, 0.29) is 5.91 Å². The average molecular weight is 252 g/mol. The Bertz CT molecular complexity index is 376. The molecule has 100 valence electrons. The van der Waals surface area contributed by atoms with E-state index in [1.807, 2.05) is 26.8 Å². The van der Waals surface area contributed by atoms with Gasteiger partial charge in [-0.3, -0.25) is 9.78 Å². The van der Waals surface area contributed by atoms with Crippen LogP contribution in [0.5, 0.6) is 0 Å². The molecular weight excluding hydrogens is 232 g/mol. The zero-order valence-corrected chi connectivity index (χ0v) is 11.1. The van der Waals surface area contributed by atoms with Crippen molar-refractivity contribution in [1.82, 2.24) is 10.3 Å². The highest BCUT2D eigenvalue weighted by atomic mass is 16.7. The van der Waals surface area contributed by atoms with E-state index in [0.29, 0.717) is 25.5 Å². The van der Waals surface area contributed by atoms with Crippen LogP contribution in [0.25, 0.3) is 0 Å². The van der Waals surface area contributed by atoms with E-state index in [1.165, 1.54) is 0 Å². The Labute approximate surface area is 108 Å². The molecule has 0 saturated carbocycles. The van der Waals surface area contributed by atoms with E-state index in [1.54, 1.807) is 12.3 Å². The first-order valence-corrected chi connectivity index (χ1v) is 6.12. The summed E-state index contributed by atoms with van der Waals surface area (Å²) < 4.78 is 10.7. The molecule has 0 aromatic carbocycles. The minimum absolute atomic E-state index is 0.211. The molecule has 0 atom stereocenters. The van der Waals surface area contributed by atoms with Crippen molar-refractivity contribution in [3.63, 3.8) is 0 Å². The number of aromatic nitrogens is 1. The number of nitrogens with zero attached hydrogens (tertiary/aromatic N) is 1. The van der Waals surface area contributed by atoms with Gasteiger partial charge in [0.05, 0.1) is 6.54 Å². The first kappa shape index (κ1) is 14.6. The molecule has 0 aliphatic rings. The summed E-state index contributed by atoms with van der Waals surface area (Å²) in [7, 11) is 0. The predicted molar refractivity (Wildman–Crippen MR) is 68.3 cm³/mol. The van der Waals surface area contributed by atoms with E-state index >= 15 is 0 Å². The lowest BCUT2D eigenvalue weighted by Gasteiger charge is -2.17. The molecule has 0 bridgehead atoms. The maximum atomic E-state index is 11.9. The number of aryl methyl sites for hydroxylation is 1. The summed E-state index contributed by atoms with van der Waals surface area (Å²) in [6.45, 7) is 7.03. The van der Waals surface area contributed by atoms with Crippen molar-refractivity contribution in [2.24, 2.45) is 0 Å². The van der Waals surface area contributed by atoms with Crippen LogP contribution in [0.4, 0.5) is 0 Å². The van der Waals surface area contributed by atoms with E-state index in [0.717, 1.165) is 5.56 Å². The van der Waals surface area contributed by atoms with Gasteiger partial charge in [0.1, 0.15) is 5.69 Å². The fourth-order valence-electron chi connectivity index (χ4n) is 1.52. The largest absolute Gasteiger partial charge is 0.351 e. The van der Waals surface area contributed by atoms with E-state index in [2.05, 4.69) is 10.3 Å². The van der Waals surface area contributed by atoms with E-state index in [9.17, 15) is 4.79 Å². The molecule has 0 aliphatic heterocycles. The van der Waals surface area contributed by atoms with Gasteiger partial charge >= 0.3 is 0 Å². The number of pyridine rings is 1. The molecule has 5 heteroatoms. The molecule has 0 spiro atoms. The second-order valence-electron chi connectivity index (χ2n) is 3.72. The molecule has 0 fully saturated rings. The number of nitrogens with one attached hydrogen (secondary N) is 1. The Morgan fingerprint density at radius 3 is 2.61 bits per heavy atom. The lowest BCUT2D eigenvalue weighted by molar-refractivity contribution is -0.131. The molecule has 0 unspecified atom stereocenters. The molecule has 1 aromatic rings. The predicted octanol–water partition coefficient (Wildman–Crippen LogP) is 1.52. The summed E-state index contributed by atoms with van der Waals surface area (Å²) in [6, 6.07) is 3.65. The molecule has 0 aliphatic carbocycles. The Morgan fingerprint density at radius 2 is 2.06 bits per heavy atom. The molecular formula is C13H20N2O3. The van der Waals surface area contributed by atoms with E-state index in [4.69, 9.17) is 9.47 Å². The number of carbonyl (C=O) groups excluding carboxylic acids is 1. The van der Waals surface area contributed by atoms with Gasteiger partial charge in [-0.15, -0.1) is 0 Å². The van der Waals surface area contributed by atoms with Crippen LogP contribution in [0.15, 0.2) is 18.3 Å². The molecule has 0 radical (unpaired) electrons. The maximum Gasteiger partial charge on any atom is 0.270 e. The standard InChI is InChI=1S/C13H20N2O3/c1-4-17-11(18-5-2)9-15-13(16)12-10(3)7-6-8-14-12/h6-8,11H,4-5,9H2,1-3H3,(H,15,16). The number of hydrogen-bond acceptors (Lipinski definition) is 4. The van der Waals surface area contributed by atoms with Gasteiger partial charge in [0.2, 0.25) is 0 Å². The molecule has 1 N–H and O–H groups in total. The van der Waals surface area contributed by atoms with Crippen molar-refractivity contribution in [3.05, 3.63) is 29.6 Å². The van der Waals surface area contributed by atoms with E-state index < -0.39 is 6.29 Å². The van der Waals surface area contributed by atoms with Crippen LogP contribution in [0.2, 0.25) is 0 Å². The second-order valence-corrected chi connectivity index (χ2v) is 3.72. The molecule has 0 saturated heterocycles. The minimum atomic E-state index is -0.409. The zero-order valence-electron chi connectivity index (χ0n) is 11.1. The lowest BCUT2D eigenvalue weighted by atomic mass is 10.2. The minimum Gasteiger partial charge on any atom is -0.351 e. The molecule has 18 heavy (non-hydrogen) atoms. The van der Waals surface area contributed by atoms with Crippen LogP contribution in [0.3, 0.4) is 0 Å². The van der Waals surface area contributed by atoms with Gasteiger partial charge in [-0.1, -0.05) is 6.07 Å². The molecule has 1 aromatic heterocycles. The Hall–Kier alpha value is -1.46. The summed E-state index contributed by atoms with van der Waals surface area (Å²) >= 11 is 0. The van der Waals surface area contributed by atoms with Gasteiger partial charge < -0.3 is 14.8 Å². The highest BCUT2D eigenvalue weighted by Gasteiger charge is 2.13. The smallest absolute Gasteiger partial charge is 0.270 e. The highest BCUT2D eigenvalue weighted by molar-refractivity contribution is 5.93. The quantitative estimate of drug-likeness (QED) is 0.747. The van der Waals surface area contributed by atoms with Gasteiger partial charge in [0.25, 0.3) is 5.91 Å². The number of rotatable bonds is 7. The third-order valence-corrected chi connectivity index (χ3v) is 2.36. The third kappa shape index (κ3) is 4.43. The first-order valence-electron chi connectivity index (χ1n) is 6.12. The van der Waals surface area contributed by atoms with Crippen molar-refractivity contribution in [1.29, 1.82) is 0 Å². The van der Waals surface area contributed by atoms with Gasteiger partial charge in [0, 0.05) is 19.4 Å². The number of hydrogen-bond donors (Lipinski definition) is 1. The summed E-state index contributed by atoms with van der Waals surface area (Å²) in [6.07, 6.45) is 1.19. The summed E-state index contributed by atoms with van der Waals surface area (Å²) in [4.78, 5) is 15.9. The number of amides is 1. The van der Waals surface area contributed by atoms with Crippen LogP contribution in [0.1, 0.15) is 29.9 Å². The maximum absolute atomic E-state index is 11.9. The van der Waals surface area contributed by atoms with Gasteiger partial charge in [0.15, 0.2) is 6.29 Å². The van der Waals surface area contributed by atoms with Crippen LogP contribution in [0, 0.1) is 6.92 Å². The van der Waals surface area contributed by atoms with Crippen molar-refractivity contribution in [2.75, 3.05) is 19.8 Å². The average Bonchev–Trinajstić information content (AvgIpc) is 2.36. The Kier molecular flexibility index (Phi) is 6.32. The first-order chi connectivity index (χ1) is 8.69. The van der Waals surface area contributed by atoms with Crippen LogP contribution in [-0.2, 0) is 9.47 Å². The van der Waals surface area contributed by atoms with Gasteiger partial charge in [-0.05, 0) is 32.4 Å². The summed E-state index contributed by atoms with van der Waals surface area (Å²) in [5.41, 5.74) is 1.28. The molecule has 1 amide bonds. The van der Waals surface area contributed by atoms with Crippen molar-refractivity contribution in [2.45, 2.75) is 27.1 Å². The molecule has 1 heterocycles. The highest BCUT2D eigenvalue weighted by Crippen LogP contribution is 2.03. The molecule has 1 rings (SSSR count). The topological polar surface area (TPSA) is 60.5 Å². The van der Waals surface area contributed by atoms with Crippen LogP contribution < -0.4 is 5.32 Å². The fourth-order valence-corrected chi connectivity index (χ4v) is 1.52. The summed E-state index contributed by atoms with van der Waals surface area (Å²) in [5, 5.41) is 2.76. The third-order valence-electron chi connectivity index (χ3n) is 2.36. The SMILES string of the molecule is CCOC(CNC(=O)c1ncccc1C)OCC. The zero-order chi connectivity index (χ0) is 13.4. The Morgan fingerprint density at radius 1 is 1.39 bits per heavy atom. The normalized spacial score (nSPS) is 10.7. The fraction of sp³-hybridized carbons (Fsp3) is 0.538. The number of ether oxygens (including phenoxy) is 2. The van der Waals surface area contributed by atoms with Gasteiger partial charge in [-0.2, -0.15) is 0 Å². The van der Waals surface area contributed by atoms with Crippen molar-refractivity contribution in [3.8, 4) is 0 Å². The van der Waals surface area contributed by atoms with Crippen molar-refractivity contribution < 1.29 is 14.3 Å². The number of carbonyl (C=O) groups is 1. The van der Waals surface area contributed by atoms with Gasteiger partial charge in [-0.25, -0.2) is 0 Å². The van der Waals surface area contributed by atoms with Crippen LogP contribution in [-0.4, -0.2) is 36.9 Å². The van der Waals surface area contributed by atoms with Crippen LogP contribution >= 0.6 is 0 Å². The van der Waals surface area contributed by atoms with Crippen molar-refractivity contribution >= 4 is 5.91 Å². The monoisotopic (exact) mass is 252 g/mol. The lowest BCUT2D eigenvalue weighted by Crippen LogP contribution is -2.36. The Balaban J connectivity index is 2.52. The summed E-state index contributed by atoms with van der Waals surface area (Å²) in [5.74, 6) is -0.211. The molecule has 5 nitrogen and oxygen atoms in total. The second kappa shape index (κ2) is 7.79.